The summed E-state index contributed by atoms with van der Waals surface area (Å²) < 4.78 is 31.9. The number of ether oxygens (including phenoxy) is 6. The summed E-state index contributed by atoms with van der Waals surface area (Å²) in [5, 5.41) is 5.47. The van der Waals surface area contributed by atoms with Gasteiger partial charge in [-0.1, -0.05) is 12.1 Å². The molecule has 0 aromatic heterocycles. The number of carbonyl (C=O) groups is 6. The van der Waals surface area contributed by atoms with Crippen LogP contribution in [0.3, 0.4) is 0 Å². The zero-order valence-corrected chi connectivity index (χ0v) is 33.3. The van der Waals surface area contributed by atoms with E-state index in [1.54, 1.807) is 53.7 Å². The molecule has 0 heterocycles. The average molecular weight is 757 g/mol. The fourth-order valence-electron chi connectivity index (χ4n) is 5.19. The van der Waals surface area contributed by atoms with Gasteiger partial charge in [-0.05, 0) is 127 Å². The predicted octanol–water partition coefficient (Wildman–Crippen LogP) is 7.56. The number of anilines is 2. The molecule has 0 aliphatic carbocycles. The van der Waals surface area contributed by atoms with Gasteiger partial charge in [0.05, 0.1) is 26.1 Å². The molecule has 0 fully saturated rings. The molecule has 2 N–H and O–H groups in total. The zero-order chi connectivity index (χ0) is 40.6. The molecule has 14 heteroatoms. The number of rotatable bonds is 17. The minimum absolute atomic E-state index is 0.0108. The molecule has 0 aliphatic heterocycles. The summed E-state index contributed by atoms with van der Waals surface area (Å²) in [4.78, 5) is 72.4. The van der Waals surface area contributed by atoms with E-state index in [-0.39, 0.29) is 39.3 Å². The highest BCUT2D eigenvalue weighted by Crippen LogP contribution is 2.27. The van der Waals surface area contributed by atoms with Crippen molar-refractivity contribution < 1.29 is 57.2 Å². The monoisotopic (exact) mass is 756 g/mol. The first-order valence-electron chi connectivity index (χ1n) is 18.0. The molecule has 2 aromatic carbocycles. The van der Waals surface area contributed by atoms with Crippen LogP contribution in [0.1, 0.15) is 114 Å². The Morgan fingerprint density at radius 3 is 1.22 bits per heavy atom. The van der Waals surface area contributed by atoms with Crippen molar-refractivity contribution in [1.29, 1.82) is 0 Å². The molecule has 0 spiro atoms. The van der Waals surface area contributed by atoms with E-state index in [1.807, 2.05) is 26.0 Å². The number of hydrogen-bond donors (Lipinski definition) is 2. The lowest BCUT2D eigenvalue weighted by Gasteiger charge is -2.21. The summed E-state index contributed by atoms with van der Waals surface area (Å²) in [5.74, 6) is -1.96. The third-order valence-electron chi connectivity index (χ3n) is 7.74. The highest BCUT2D eigenvalue weighted by molar-refractivity contribution is 5.87. The summed E-state index contributed by atoms with van der Waals surface area (Å²) in [6, 6.07) is 7.12. The van der Waals surface area contributed by atoms with Gasteiger partial charge in [-0.15, -0.1) is 0 Å². The molecule has 0 saturated carbocycles. The van der Waals surface area contributed by atoms with Crippen LogP contribution in [0.5, 0.6) is 0 Å². The van der Waals surface area contributed by atoms with E-state index in [0.717, 1.165) is 33.4 Å². The number of carbonyl (C=O) groups excluding carboxylic acids is 6. The average Bonchev–Trinajstić information content (AvgIpc) is 3.03. The quantitative estimate of drug-likeness (QED) is 0.0920. The van der Waals surface area contributed by atoms with Gasteiger partial charge in [-0.3, -0.25) is 29.8 Å². The third-order valence-corrected chi connectivity index (χ3v) is 7.74. The van der Waals surface area contributed by atoms with Crippen molar-refractivity contribution in [2.45, 2.75) is 132 Å². The van der Waals surface area contributed by atoms with Gasteiger partial charge in [-0.2, -0.15) is 0 Å². The predicted molar refractivity (Wildman–Crippen MR) is 201 cm³/mol. The fraction of sp³-hybridized carbons (Fsp3) is 0.550. The Morgan fingerprint density at radius 2 is 0.907 bits per heavy atom. The van der Waals surface area contributed by atoms with Crippen molar-refractivity contribution in [3.8, 4) is 0 Å². The SMILES string of the molecule is CC(=O)OCc1c(CCCOC(=O)CCC(=O)OCCCc2ccc(NC(=O)OC(C)(C)C)c(C)c2COC(C)=O)ccc(NC(=O)OC(C)(C)C)c1C. The Labute approximate surface area is 317 Å². The number of benzene rings is 2. The molecule has 14 nitrogen and oxygen atoms in total. The minimum atomic E-state index is -0.670. The maximum atomic E-state index is 12.4. The molecule has 2 amide bonds. The first kappa shape index (κ1) is 45.0. The van der Waals surface area contributed by atoms with E-state index in [2.05, 4.69) is 10.6 Å². The summed E-state index contributed by atoms with van der Waals surface area (Å²) in [6.07, 6.45) is 0.461. The van der Waals surface area contributed by atoms with Gasteiger partial charge in [-0.25, -0.2) is 9.59 Å². The van der Waals surface area contributed by atoms with Crippen molar-refractivity contribution in [2.24, 2.45) is 0 Å². The van der Waals surface area contributed by atoms with Crippen molar-refractivity contribution in [1.82, 2.24) is 0 Å². The molecular weight excluding hydrogens is 700 g/mol. The Morgan fingerprint density at radius 1 is 0.556 bits per heavy atom. The molecule has 2 rings (SSSR count). The second-order valence-electron chi connectivity index (χ2n) is 14.7. The molecule has 0 saturated heterocycles. The molecule has 0 bridgehead atoms. The molecule has 0 radical (unpaired) electrons. The van der Waals surface area contributed by atoms with Crippen molar-refractivity contribution in [3.63, 3.8) is 0 Å². The number of amides is 2. The minimum Gasteiger partial charge on any atom is -0.466 e. The largest absolute Gasteiger partial charge is 0.466 e. The molecule has 298 valence electrons. The lowest BCUT2D eigenvalue weighted by atomic mass is 9.97. The molecule has 2 aromatic rings. The molecular formula is C40H56N2O12. The molecule has 0 unspecified atom stereocenters. The van der Waals surface area contributed by atoms with Crippen LogP contribution in [0, 0.1) is 13.8 Å². The summed E-state index contributed by atoms with van der Waals surface area (Å²) in [6.45, 7) is 17.1. The normalized spacial score (nSPS) is 11.2. The van der Waals surface area contributed by atoms with Gasteiger partial charge < -0.3 is 28.4 Å². The Bertz CT molecular complexity index is 1530. The number of esters is 4. The van der Waals surface area contributed by atoms with Crippen LogP contribution in [0.2, 0.25) is 0 Å². The van der Waals surface area contributed by atoms with Crippen LogP contribution in [0.25, 0.3) is 0 Å². The van der Waals surface area contributed by atoms with Gasteiger partial charge >= 0.3 is 36.1 Å². The van der Waals surface area contributed by atoms with Crippen LogP contribution in [0.15, 0.2) is 24.3 Å². The van der Waals surface area contributed by atoms with Gasteiger partial charge in [0.2, 0.25) is 0 Å². The number of hydrogen-bond acceptors (Lipinski definition) is 12. The lowest BCUT2D eigenvalue weighted by Crippen LogP contribution is -2.27. The summed E-state index contributed by atoms with van der Waals surface area (Å²) in [5.41, 5.74) is 4.34. The van der Waals surface area contributed by atoms with E-state index in [1.165, 1.54) is 13.8 Å². The zero-order valence-electron chi connectivity index (χ0n) is 33.3. The van der Waals surface area contributed by atoms with Crippen LogP contribution < -0.4 is 10.6 Å². The standard InChI is InChI=1S/C40H56N2O12/c1-25-31(23-51-27(3)43)29(15-17-33(25)41-37(47)53-39(5,6)7)13-11-21-49-35(45)19-20-36(46)50-22-12-14-30-16-18-34(42-38(48)54-40(8,9)10)26(2)32(30)24-52-28(4)44/h15-18H,11-14,19-24H2,1-10H3,(H,41,47)(H,42,48). The van der Waals surface area contributed by atoms with Crippen molar-refractivity contribution in [2.75, 3.05) is 23.8 Å². The van der Waals surface area contributed by atoms with Crippen molar-refractivity contribution in [3.05, 3.63) is 57.6 Å². The van der Waals surface area contributed by atoms with Gasteiger partial charge in [0.25, 0.3) is 0 Å². The maximum absolute atomic E-state index is 12.4. The highest BCUT2D eigenvalue weighted by atomic mass is 16.6. The Kier molecular flexibility index (Phi) is 17.4. The van der Waals surface area contributed by atoms with Crippen molar-refractivity contribution >= 4 is 47.4 Å². The van der Waals surface area contributed by atoms with E-state index < -0.39 is 47.3 Å². The fourth-order valence-corrected chi connectivity index (χ4v) is 5.19. The van der Waals surface area contributed by atoms with Crippen LogP contribution in [0.4, 0.5) is 21.0 Å². The first-order valence-corrected chi connectivity index (χ1v) is 18.0. The van der Waals surface area contributed by atoms with Gasteiger partial charge in [0, 0.05) is 25.2 Å². The molecule has 0 aliphatic rings. The number of nitrogens with one attached hydrogen (secondary N) is 2. The highest BCUT2D eigenvalue weighted by Gasteiger charge is 2.21. The molecule has 0 atom stereocenters. The topological polar surface area (TPSA) is 182 Å². The van der Waals surface area contributed by atoms with Crippen LogP contribution in [-0.4, -0.2) is 60.5 Å². The second kappa shape index (κ2) is 20.9. The third kappa shape index (κ3) is 17.1. The Hall–Kier alpha value is -5.14. The van der Waals surface area contributed by atoms with Gasteiger partial charge in [0.1, 0.15) is 24.4 Å². The smallest absolute Gasteiger partial charge is 0.412 e. The number of aryl methyl sites for hydroxylation is 2. The first-order chi connectivity index (χ1) is 25.1. The van der Waals surface area contributed by atoms with E-state index in [0.29, 0.717) is 37.1 Å². The summed E-state index contributed by atoms with van der Waals surface area (Å²) >= 11 is 0. The van der Waals surface area contributed by atoms with Gasteiger partial charge in [0.15, 0.2) is 0 Å². The lowest BCUT2D eigenvalue weighted by molar-refractivity contribution is -0.150. The van der Waals surface area contributed by atoms with E-state index in [4.69, 9.17) is 28.4 Å². The second-order valence-corrected chi connectivity index (χ2v) is 14.7. The van der Waals surface area contributed by atoms with E-state index >= 15 is 0 Å². The maximum Gasteiger partial charge on any atom is 0.412 e. The van der Waals surface area contributed by atoms with Crippen LogP contribution >= 0.6 is 0 Å². The summed E-state index contributed by atoms with van der Waals surface area (Å²) in [7, 11) is 0. The van der Waals surface area contributed by atoms with E-state index in [9.17, 15) is 28.8 Å². The Balaban J connectivity index is 1.85. The van der Waals surface area contributed by atoms with Crippen LogP contribution in [-0.2, 0) is 73.7 Å². The molecule has 54 heavy (non-hydrogen) atoms.